The van der Waals surface area contributed by atoms with Crippen LogP contribution in [0.5, 0.6) is 0 Å². The summed E-state index contributed by atoms with van der Waals surface area (Å²) in [6.07, 6.45) is 0. The van der Waals surface area contributed by atoms with Gasteiger partial charge in [-0.1, -0.05) is 0 Å². The number of hydrogen-bond acceptors (Lipinski definition) is 4. The van der Waals surface area contributed by atoms with E-state index in [-0.39, 0.29) is 5.91 Å². The van der Waals surface area contributed by atoms with E-state index in [2.05, 4.69) is 35.4 Å². The maximum Gasteiger partial charge on any atom is 0.272 e. The Bertz CT molecular complexity index is 799. The number of carbonyl (C=O) groups excluding carboxylic acids is 1. The Morgan fingerprint density at radius 2 is 2.19 bits per heavy atom. The Kier molecular flexibility index (Phi) is 3.39. The molecule has 0 saturated heterocycles. The van der Waals surface area contributed by atoms with Gasteiger partial charge in [-0.25, -0.2) is 0 Å². The van der Waals surface area contributed by atoms with Crippen molar-refractivity contribution < 1.29 is 4.79 Å². The molecule has 0 radical (unpaired) electrons. The first-order valence-electron chi connectivity index (χ1n) is 6.62. The van der Waals surface area contributed by atoms with Crippen molar-refractivity contribution in [2.24, 2.45) is 0 Å². The number of aryl methyl sites for hydroxylation is 2. The van der Waals surface area contributed by atoms with Crippen LogP contribution in [0.25, 0.3) is 10.9 Å². The number of rotatable bonds is 3. The molecule has 108 valence electrons. The number of anilines is 1. The molecule has 21 heavy (non-hydrogen) atoms. The number of fused-ring (bicyclic) bond motifs is 1. The average Bonchev–Trinajstić information content (AvgIpc) is 3.00. The van der Waals surface area contributed by atoms with E-state index in [1.54, 1.807) is 23.5 Å². The summed E-state index contributed by atoms with van der Waals surface area (Å²) < 4.78 is 0. The molecule has 0 bridgehead atoms. The number of amides is 1. The zero-order valence-corrected chi connectivity index (χ0v) is 12.7. The number of nitrogens with one attached hydrogen (secondary N) is 2. The zero-order chi connectivity index (χ0) is 15.0. The second-order valence-corrected chi connectivity index (χ2v) is 6.35. The van der Waals surface area contributed by atoms with Crippen molar-refractivity contribution in [3.05, 3.63) is 45.3 Å². The van der Waals surface area contributed by atoms with Gasteiger partial charge < -0.3 is 11.1 Å². The molecule has 3 rings (SSSR count). The topological polar surface area (TPSA) is 83.8 Å². The molecule has 3 aromatic rings. The standard InChI is InChI=1S/C15H16N4OS/c1-8-5-11(21-9(8)2)7-17-15(20)14-12-6-10(16)3-4-13(12)18-19-14/h3-6H,7,16H2,1-2H3,(H,17,20)(H,18,19). The monoisotopic (exact) mass is 300 g/mol. The minimum absolute atomic E-state index is 0.199. The van der Waals surface area contributed by atoms with Gasteiger partial charge in [0, 0.05) is 20.8 Å². The molecular formula is C15H16N4OS. The van der Waals surface area contributed by atoms with Crippen molar-refractivity contribution in [1.82, 2.24) is 15.5 Å². The molecule has 0 aliphatic heterocycles. The summed E-state index contributed by atoms with van der Waals surface area (Å²) in [6.45, 7) is 4.66. The van der Waals surface area contributed by atoms with Gasteiger partial charge in [0.1, 0.15) is 0 Å². The summed E-state index contributed by atoms with van der Waals surface area (Å²) in [7, 11) is 0. The number of thiophene rings is 1. The fourth-order valence-corrected chi connectivity index (χ4v) is 3.19. The third kappa shape index (κ3) is 2.62. The lowest BCUT2D eigenvalue weighted by Crippen LogP contribution is -2.22. The molecule has 0 atom stereocenters. The second-order valence-electron chi connectivity index (χ2n) is 5.01. The van der Waals surface area contributed by atoms with E-state index in [0.29, 0.717) is 17.9 Å². The lowest BCUT2D eigenvalue weighted by atomic mass is 10.2. The lowest BCUT2D eigenvalue weighted by molar-refractivity contribution is 0.0948. The quantitative estimate of drug-likeness (QED) is 0.650. The molecule has 2 aromatic heterocycles. The number of benzene rings is 1. The van der Waals surface area contributed by atoms with Crippen LogP contribution in [-0.2, 0) is 6.54 Å². The molecule has 0 fully saturated rings. The highest BCUT2D eigenvalue weighted by atomic mass is 32.1. The molecule has 4 N–H and O–H groups in total. The van der Waals surface area contributed by atoms with Crippen molar-refractivity contribution in [1.29, 1.82) is 0 Å². The Hall–Kier alpha value is -2.34. The van der Waals surface area contributed by atoms with Crippen molar-refractivity contribution in [3.8, 4) is 0 Å². The van der Waals surface area contributed by atoms with E-state index in [1.165, 1.54) is 10.4 Å². The molecule has 6 heteroatoms. The van der Waals surface area contributed by atoms with Gasteiger partial charge in [-0.2, -0.15) is 5.10 Å². The summed E-state index contributed by atoms with van der Waals surface area (Å²) in [5.41, 5.74) is 8.81. The molecular weight excluding hydrogens is 284 g/mol. The van der Waals surface area contributed by atoms with E-state index in [1.807, 2.05) is 6.07 Å². The van der Waals surface area contributed by atoms with Gasteiger partial charge in [0.25, 0.3) is 5.91 Å². The van der Waals surface area contributed by atoms with Gasteiger partial charge in [0.2, 0.25) is 0 Å². The Labute approximate surface area is 126 Å². The first-order chi connectivity index (χ1) is 10.0. The number of hydrogen-bond donors (Lipinski definition) is 3. The highest BCUT2D eigenvalue weighted by molar-refractivity contribution is 7.12. The van der Waals surface area contributed by atoms with Gasteiger partial charge in [0.15, 0.2) is 5.69 Å². The highest BCUT2D eigenvalue weighted by Gasteiger charge is 2.14. The third-order valence-electron chi connectivity index (χ3n) is 3.44. The SMILES string of the molecule is Cc1cc(CNC(=O)c2n[nH]c3ccc(N)cc23)sc1C. The van der Waals surface area contributed by atoms with E-state index >= 15 is 0 Å². The van der Waals surface area contributed by atoms with Crippen LogP contribution in [0.15, 0.2) is 24.3 Å². The van der Waals surface area contributed by atoms with Gasteiger partial charge in [-0.3, -0.25) is 9.89 Å². The van der Waals surface area contributed by atoms with Gasteiger partial charge in [-0.15, -0.1) is 11.3 Å². The van der Waals surface area contributed by atoms with E-state index in [0.717, 1.165) is 15.8 Å². The first-order valence-corrected chi connectivity index (χ1v) is 7.44. The average molecular weight is 300 g/mol. The maximum atomic E-state index is 12.3. The summed E-state index contributed by atoms with van der Waals surface area (Å²) >= 11 is 1.70. The number of aromatic amines is 1. The van der Waals surface area contributed by atoms with Gasteiger partial charge in [0.05, 0.1) is 12.1 Å². The van der Waals surface area contributed by atoms with Crippen LogP contribution in [0.4, 0.5) is 5.69 Å². The molecule has 5 nitrogen and oxygen atoms in total. The summed E-state index contributed by atoms with van der Waals surface area (Å²) in [5, 5.41) is 10.6. The van der Waals surface area contributed by atoms with Gasteiger partial charge in [-0.05, 0) is 43.7 Å². The zero-order valence-electron chi connectivity index (χ0n) is 11.9. The highest BCUT2D eigenvalue weighted by Crippen LogP contribution is 2.21. The number of nitrogens with two attached hydrogens (primary N) is 1. The van der Waals surface area contributed by atoms with Crippen LogP contribution in [0.2, 0.25) is 0 Å². The molecule has 0 unspecified atom stereocenters. The third-order valence-corrected chi connectivity index (χ3v) is 4.59. The van der Waals surface area contributed by atoms with Crippen molar-refractivity contribution in [2.75, 3.05) is 5.73 Å². The maximum absolute atomic E-state index is 12.3. The van der Waals surface area contributed by atoms with Crippen LogP contribution in [0, 0.1) is 13.8 Å². The van der Waals surface area contributed by atoms with Crippen LogP contribution < -0.4 is 11.1 Å². The first kappa shape index (κ1) is 13.6. The van der Waals surface area contributed by atoms with Gasteiger partial charge >= 0.3 is 0 Å². The largest absolute Gasteiger partial charge is 0.399 e. The Balaban J connectivity index is 1.79. The predicted molar refractivity (Wildman–Crippen MR) is 85.5 cm³/mol. The second kappa shape index (κ2) is 5.21. The fourth-order valence-electron chi connectivity index (χ4n) is 2.19. The van der Waals surface area contributed by atoms with Crippen LogP contribution in [-0.4, -0.2) is 16.1 Å². The van der Waals surface area contributed by atoms with E-state index in [4.69, 9.17) is 5.73 Å². The Morgan fingerprint density at radius 1 is 1.38 bits per heavy atom. The van der Waals surface area contributed by atoms with Crippen LogP contribution >= 0.6 is 11.3 Å². The molecule has 2 heterocycles. The number of nitrogen functional groups attached to an aromatic ring is 1. The summed E-state index contributed by atoms with van der Waals surface area (Å²) in [5.74, 6) is -0.199. The van der Waals surface area contributed by atoms with E-state index < -0.39 is 0 Å². The normalized spacial score (nSPS) is 11.0. The molecule has 0 aliphatic rings. The van der Waals surface area contributed by atoms with E-state index in [9.17, 15) is 4.79 Å². The number of carbonyl (C=O) groups is 1. The van der Waals surface area contributed by atoms with Crippen LogP contribution in [0.1, 0.15) is 25.8 Å². The van der Waals surface area contributed by atoms with Crippen LogP contribution in [0.3, 0.4) is 0 Å². The summed E-state index contributed by atoms with van der Waals surface area (Å²) in [4.78, 5) is 14.7. The molecule has 0 saturated carbocycles. The molecule has 0 spiro atoms. The smallest absolute Gasteiger partial charge is 0.272 e. The van der Waals surface area contributed by atoms with Crippen molar-refractivity contribution in [3.63, 3.8) is 0 Å². The number of aromatic nitrogens is 2. The predicted octanol–water partition coefficient (Wildman–Crippen LogP) is 2.75. The number of H-pyrrole nitrogens is 1. The minimum atomic E-state index is -0.199. The van der Waals surface area contributed by atoms with Crippen molar-refractivity contribution >= 4 is 33.8 Å². The number of nitrogens with zero attached hydrogens (tertiary/aromatic N) is 1. The lowest BCUT2D eigenvalue weighted by Gasteiger charge is -2.01. The summed E-state index contributed by atoms with van der Waals surface area (Å²) in [6, 6.07) is 7.45. The minimum Gasteiger partial charge on any atom is -0.399 e. The molecule has 0 aliphatic carbocycles. The fraction of sp³-hybridized carbons (Fsp3) is 0.200. The Morgan fingerprint density at radius 3 is 2.90 bits per heavy atom. The van der Waals surface area contributed by atoms with Crippen molar-refractivity contribution in [2.45, 2.75) is 20.4 Å². The molecule has 1 aromatic carbocycles. The molecule has 1 amide bonds.